The van der Waals surface area contributed by atoms with Crippen LogP contribution in [0.3, 0.4) is 0 Å². The van der Waals surface area contributed by atoms with E-state index < -0.39 is 12.2 Å². The fraction of sp³-hybridized carbons (Fsp3) is 0.429. The molecule has 2 aliphatic heterocycles. The van der Waals surface area contributed by atoms with Gasteiger partial charge in [-0.2, -0.15) is 0 Å². The second-order valence-electron chi connectivity index (χ2n) is 9.09. The number of carbonyl (C=O) groups excluding carboxylic acids is 2. The van der Waals surface area contributed by atoms with Gasteiger partial charge in [0.15, 0.2) is 0 Å². The highest BCUT2D eigenvalue weighted by Gasteiger charge is 2.44. The summed E-state index contributed by atoms with van der Waals surface area (Å²) in [7, 11) is 0. The van der Waals surface area contributed by atoms with Gasteiger partial charge in [-0.15, -0.1) is 0 Å². The van der Waals surface area contributed by atoms with Gasteiger partial charge in [-0.3, -0.25) is 4.79 Å². The zero-order valence-electron chi connectivity index (χ0n) is 19.8. The van der Waals surface area contributed by atoms with Crippen LogP contribution < -0.4 is 0 Å². The van der Waals surface area contributed by atoms with E-state index in [4.69, 9.17) is 14.2 Å². The molecule has 2 aromatic rings. The Balaban J connectivity index is 1.25. The topological polar surface area (TPSA) is 65.1 Å². The standard InChI is InChI=1S/C28H33NO5/c1-20(27(30)29-21(2)26(34-28(29)31)23-12-7-4-8-13-23)18-25-15-9-14-24(33-25)16-17-32-19-22-10-5-3-6-11-22/h3-14,20-21,24-26H,15-19H2,1-2H3/t20-,21-,24+,25+,26-/m1/s1. The minimum Gasteiger partial charge on any atom is -0.439 e. The van der Waals surface area contributed by atoms with Crippen molar-refractivity contribution in [1.29, 1.82) is 0 Å². The lowest BCUT2D eigenvalue weighted by molar-refractivity contribution is -0.134. The summed E-state index contributed by atoms with van der Waals surface area (Å²) >= 11 is 0. The van der Waals surface area contributed by atoms with Crippen LogP contribution in [0.1, 0.15) is 50.3 Å². The van der Waals surface area contributed by atoms with Crippen molar-refractivity contribution < 1.29 is 23.8 Å². The van der Waals surface area contributed by atoms with Gasteiger partial charge < -0.3 is 14.2 Å². The van der Waals surface area contributed by atoms with E-state index >= 15 is 0 Å². The molecule has 0 aliphatic carbocycles. The molecule has 2 aliphatic rings. The molecule has 0 unspecified atom stereocenters. The fourth-order valence-corrected chi connectivity index (χ4v) is 4.59. The highest BCUT2D eigenvalue weighted by atomic mass is 16.6. The van der Waals surface area contributed by atoms with Crippen molar-refractivity contribution in [2.75, 3.05) is 6.61 Å². The zero-order valence-corrected chi connectivity index (χ0v) is 19.8. The van der Waals surface area contributed by atoms with Crippen LogP contribution in [0.4, 0.5) is 4.79 Å². The Hall–Kier alpha value is -2.96. The van der Waals surface area contributed by atoms with Crippen molar-refractivity contribution >= 4 is 12.0 Å². The first kappa shape index (κ1) is 24.2. The van der Waals surface area contributed by atoms with Crippen molar-refractivity contribution in [3.8, 4) is 0 Å². The minimum absolute atomic E-state index is 0.0324. The number of hydrogen-bond donors (Lipinski definition) is 0. The number of ether oxygens (including phenoxy) is 3. The van der Waals surface area contributed by atoms with Crippen LogP contribution in [0.2, 0.25) is 0 Å². The Morgan fingerprint density at radius 2 is 1.82 bits per heavy atom. The van der Waals surface area contributed by atoms with Crippen molar-refractivity contribution in [3.63, 3.8) is 0 Å². The average Bonchev–Trinajstić information content (AvgIpc) is 3.16. The summed E-state index contributed by atoms with van der Waals surface area (Å²) in [6, 6.07) is 19.3. The number of hydrogen-bond acceptors (Lipinski definition) is 5. The molecule has 0 saturated carbocycles. The fourth-order valence-electron chi connectivity index (χ4n) is 4.59. The minimum atomic E-state index is -0.573. The molecule has 1 fully saturated rings. The molecule has 34 heavy (non-hydrogen) atoms. The van der Waals surface area contributed by atoms with Crippen LogP contribution in [0.15, 0.2) is 72.8 Å². The van der Waals surface area contributed by atoms with Gasteiger partial charge in [0.1, 0.15) is 6.10 Å². The van der Waals surface area contributed by atoms with Crippen molar-refractivity contribution in [2.45, 2.75) is 64.1 Å². The van der Waals surface area contributed by atoms with Crippen molar-refractivity contribution in [1.82, 2.24) is 4.90 Å². The first-order chi connectivity index (χ1) is 16.5. The van der Waals surface area contributed by atoms with E-state index in [9.17, 15) is 9.59 Å². The largest absolute Gasteiger partial charge is 0.439 e. The number of cyclic esters (lactones) is 1. The molecule has 0 bridgehead atoms. The summed E-state index contributed by atoms with van der Waals surface area (Å²) < 4.78 is 17.5. The molecule has 4 rings (SSSR count). The number of imide groups is 1. The summed E-state index contributed by atoms with van der Waals surface area (Å²) in [4.78, 5) is 27.0. The lowest BCUT2D eigenvalue weighted by Crippen LogP contribution is -2.42. The zero-order chi connectivity index (χ0) is 23.9. The Kier molecular flexibility index (Phi) is 8.14. The molecule has 1 saturated heterocycles. The quantitative estimate of drug-likeness (QED) is 0.366. The summed E-state index contributed by atoms with van der Waals surface area (Å²) in [5.41, 5.74) is 2.04. The van der Waals surface area contributed by atoms with Crippen LogP contribution in [-0.4, -0.2) is 41.8 Å². The second-order valence-corrected chi connectivity index (χ2v) is 9.09. The number of nitrogens with zero attached hydrogens (tertiary/aromatic N) is 1. The molecule has 0 radical (unpaired) electrons. The van der Waals surface area contributed by atoms with Crippen LogP contribution in [0.25, 0.3) is 0 Å². The molecular formula is C28H33NO5. The van der Waals surface area contributed by atoms with Crippen LogP contribution >= 0.6 is 0 Å². The van der Waals surface area contributed by atoms with E-state index in [0.717, 1.165) is 24.0 Å². The number of benzene rings is 2. The van der Waals surface area contributed by atoms with Crippen molar-refractivity contribution in [3.05, 3.63) is 83.9 Å². The average molecular weight is 464 g/mol. The summed E-state index contributed by atoms with van der Waals surface area (Å²) in [5.74, 6) is -0.562. The Morgan fingerprint density at radius 3 is 2.56 bits per heavy atom. The van der Waals surface area contributed by atoms with Gasteiger partial charge in [0.25, 0.3) is 0 Å². The predicted octanol–water partition coefficient (Wildman–Crippen LogP) is 5.44. The molecule has 0 N–H and O–H groups in total. The number of carbonyl (C=O) groups is 2. The van der Waals surface area contributed by atoms with E-state index in [1.807, 2.05) is 74.5 Å². The van der Waals surface area contributed by atoms with Crippen LogP contribution in [-0.2, 0) is 25.6 Å². The van der Waals surface area contributed by atoms with Gasteiger partial charge in [-0.25, -0.2) is 9.69 Å². The van der Waals surface area contributed by atoms with E-state index in [2.05, 4.69) is 12.2 Å². The normalized spacial score (nSPS) is 25.2. The summed E-state index contributed by atoms with van der Waals surface area (Å²) in [5, 5.41) is 0. The molecule has 2 heterocycles. The highest BCUT2D eigenvalue weighted by Crippen LogP contribution is 2.34. The molecule has 6 heteroatoms. The van der Waals surface area contributed by atoms with Gasteiger partial charge in [0.2, 0.25) is 5.91 Å². The lowest BCUT2D eigenvalue weighted by atomic mass is 9.96. The van der Waals surface area contributed by atoms with Gasteiger partial charge in [0.05, 0.1) is 24.9 Å². The smallest absolute Gasteiger partial charge is 0.417 e. The predicted molar refractivity (Wildman–Crippen MR) is 129 cm³/mol. The number of rotatable bonds is 9. The molecule has 2 amide bonds. The lowest BCUT2D eigenvalue weighted by Gasteiger charge is -2.29. The SMILES string of the molecule is C[C@H](C[C@@H]1CC=C[C@@H](CCOCc2ccccc2)O1)C(=O)N1C(=O)O[C@@H](c2ccccc2)[C@H]1C. The van der Waals surface area contributed by atoms with Gasteiger partial charge in [-0.1, -0.05) is 79.7 Å². The first-order valence-electron chi connectivity index (χ1n) is 12.1. The highest BCUT2D eigenvalue weighted by molar-refractivity contribution is 5.94. The monoisotopic (exact) mass is 463 g/mol. The van der Waals surface area contributed by atoms with Gasteiger partial charge >= 0.3 is 6.09 Å². The first-order valence-corrected chi connectivity index (χ1v) is 12.1. The maximum Gasteiger partial charge on any atom is 0.417 e. The maximum absolute atomic E-state index is 13.2. The molecule has 0 spiro atoms. The van der Waals surface area contributed by atoms with E-state index in [0.29, 0.717) is 19.6 Å². The van der Waals surface area contributed by atoms with Crippen molar-refractivity contribution in [2.24, 2.45) is 5.92 Å². The summed E-state index contributed by atoms with van der Waals surface area (Å²) in [6.45, 7) is 4.90. The Labute approximate surface area is 201 Å². The van der Waals surface area contributed by atoms with Gasteiger partial charge in [0, 0.05) is 18.9 Å². The van der Waals surface area contributed by atoms with Crippen LogP contribution in [0.5, 0.6) is 0 Å². The molecule has 2 aromatic carbocycles. The third-order valence-electron chi connectivity index (χ3n) is 6.45. The Morgan fingerprint density at radius 1 is 1.12 bits per heavy atom. The molecule has 6 nitrogen and oxygen atoms in total. The molecule has 180 valence electrons. The van der Waals surface area contributed by atoms with E-state index in [-0.39, 0.29) is 30.1 Å². The maximum atomic E-state index is 13.2. The summed E-state index contributed by atoms with van der Waals surface area (Å²) in [6.07, 6.45) is 5.14. The van der Waals surface area contributed by atoms with E-state index in [1.54, 1.807) is 0 Å². The van der Waals surface area contributed by atoms with E-state index in [1.165, 1.54) is 4.90 Å². The third-order valence-corrected chi connectivity index (χ3v) is 6.45. The molecular weight excluding hydrogens is 430 g/mol. The third kappa shape index (κ3) is 5.93. The van der Waals surface area contributed by atoms with Gasteiger partial charge in [-0.05, 0) is 30.9 Å². The molecule has 5 atom stereocenters. The molecule has 0 aromatic heterocycles. The number of amides is 2. The Bertz CT molecular complexity index is 977. The second kappa shape index (κ2) is 11.4. The van der Waals surface area contributed by atoms with Crippen LogP contribution in [0, 0.1) is 5.92 Å².